The maximum absolute atomic E-state index is 10.8. The molecule has 10 heteroatoms. The molecule has 0 saturated carbocycles. The highest BCUT2D eigenvalue weighted by Crippen LogP contribution is 2.44. The Morgan fingerprint density at radius 2 is 2.15 bits per heavy atom. The van der Waals surface area contributed by atoms with E-state index in [0.717, 1.165) is 0 Å². The number of aromatic nitrogens is 1. The highest BCUT2D eigenvalue weighted by Gasteiger charge is 2.28. The van der Waals surface area contributed by atoms with Crippen LogP contribution >= 0.6 is 58.1 Å². The molecule has 0 aliphatic heterocycles. The Hall–Kier alpha value is -0.730. The highest BCUT2D eigenvalue weighted by molar-refractivity contribution is 8.00. The Balaban J connectivity index is 2.29. The molecule has 5 nitrogen and oxygen atoms in total. The summed E-state index contributed by atoms with van der Waals surface area (Å²) in [6.45, 7) is 0. The number of thiazole rings is 1. The summed E-state index contributed by atoms with van der Waals surface area (Å²) in [5.74, 6) is 0. The van der Waals surface area contributed by atoms with Crippen LogP contribution in [0.1, 0.15) is 5.56 Å². The first-order valence-electron chi connectivity index (χ1n) is 5.06. The zero-order valence-corrected chi connectivity index (χ0v) is 13.4. The van der Waals surface area contributed by atoms with Gasteiger partial charge in [-0.25, -0.2) is 4.98 Å². The predicted molar refractivity (Wildman–Crippen MR) is 83.9 cm³/mol. The van der Waals surface area contributed by atoms with E-state index in [2.05, 4.69) is 9.71 Å². The standard InChI is InChI=1S/C10H6Cl3N3O2S2/c11-10(12,13)7-5-6(16(17)18)1-2-8(7)20-15-9-14-3-4-19-9/h1-5H,(H,14,15). The third-order valence-corrected chi connectivity index (χ3v) is 4.46. The van der Waals surface area contributed by atoms with Crippen LogP contribution in [0.2, 0.25) is 0 Å². The van der Waals surface area contributed by atoms with E-state index in [1.54, 1.807) is 6.20 Å². The molecule has 0 radical (unpaired) electrons. The van der Waals surface area contributed by atoms with E-state index in [1.807, 2.05) is 5.38 Å². The van der Waals surface area contributed by atoms with E-state index in [4.69, 9.17) is 34.8 Å². The first-order chi connectivity index (χ1) is 9.38. The van der Waals surface area contributed by atoms with Gasteiger partial charge in [0.15, 0.2) is 5.13 Å². The largest absolute Gasteiger partial charge is 0.302 e. The van der Waals surface area contributed by atoms with Gasteiger partial charge in [-0.05, 0) is 18.0 Å². The number of hydrogen-bond acceptors (Lipinski definition) is 6. The highest BCUT2D eigenvalue weighted by atomic mass is 35.6. The van der Waals surface area contributed by atoms with Gasteiger partial charge < -0.3 is 4.72 Å². The van der Waals surface area contributed by atoms with E-state index in [1.165, 1.54) is 41.5 Å². The molecule has 20 heavy (non-hydrogen) atoms. The first kappa shape index (κ1) is 15.7. The summed E-state index contributed by atoms with van der Waals surface area (Å²) in [7, 11) is 0. The third kappa shape index (κ3) is 3.89. The van der Waals surface area contributed by atoms with Crippen molar-refractivity contribution in [1.29, 1.82) is 0 Å². The quantitative estimate of drug-likeness (QED) is 0.355. The van der Waals surface area contributed by atoms with Gasteiger partial charge in [0.2, 0.25) is 3.79 Å². The van der Waals surface area contributed by atoms with Gasteiger partial charge in [-0.15, -0.1) is 11.3 Å². The summed E-state index contributed by atoms with van der Waals surface area (Å²) in [5.41, 5.74) is 0.107. The summed E-state index contributed by atoms with van der Waals surface area (Å²) in [6.07, 6.45) is 1.65. The number of benzene rings is 1. The second kappa shape index (κ2) is 6.36. The van der Waals surface area contributed by atoms with Gasteiger partial charge in [-0.2, -0.15) is 0 Å². The lowest BCUT2D eigenvalue weighted by atomic mass is 10.2. The average Bonchev–Trinajstić information content (AvgIpc) is 2.88. The molecule has 2 rings (SSSR count). The van der Waals surface area contributed by atoms with Crippen LogP contribution in [0.4, 0.5) is 10.8 Å². The van der Waals surface area contributed by atoms with Crippen molar-refractivity contribution >= 4 is 68.9 Å². The Morgan fingerprint density at radius 1 is 1.40 bits per heavy atom. The maximum atomic E-state index is 10.8. The third-order valence-electron chi connectivity index (χ3n) is 2.16. The number of non-ortho nitro benzene ring substituents is 1. The fourth-order valence-electron chi connectivity index (χ4n) is 1.31. The van der Waals surface area contributed by atoms with Gasteiger partial charge in [0.1, 0.15) is 0 Å². The normalized spacial score (nSPS) is 11.3. The molecule has 0 saturated heterocycles. The summed E-state index contributed by atoms with van der Waals surface area (Å²) in [6, 6.07) is 4.13. The average molecular weight is 371 g/mol. The molecule has 1 aromatic heterocycles. The molecule has 0 aliphatic carbocycles. The zero-order valence-electron chi connectivity index (χ0n) is 9.55. The van der Waals surface area contributed by atoms with E-state index in [9.17, 15) is 10.1 Å². The van der Waals surface area contributed by atoms with E-state index in [-0.39, 0.29) is 11.3 Å². The van der Waals surface area contributed by atoms with E-state index < -0.39 is 8.72 Å². The van der Waals surface area contributed by atoms with Crippen molar-refractivity contribution in [3.8, 4) is 0 Å². The summed E-state index contributed by atoms with van der Waals surface area (Å²) < 4.78 is 1.23. The van der Waals surface area contributed by atoms with Gasteiger partial charge in [0, 0.05) is 34.2 Å². The number of nitro groups is 1. The molecule has 1 aromatic carbocycles. The molecule has 0 fully saturated rings. The van der Waals surface area contributed by atoms with Crippen LogP contribution in [0.3, 0.4) is 0 Å². The lowest BCUT2D eigenvalue weighted by molar-refractivity contribution is -0.385. The predicted octanol–water partition coefficient (Wildman–Crippen LogP) is 5.00. The molecular formula is C10H6Cl3N3O2S2. The number of alkyl halides is 3. The van der Waals surface area contributed by atoms with Crippen LogP contribution in [0.15, 0.2) is 34.7 Å². The molecule has 0 amide bonds. The van der Waals surface area contributed by atoms with Crippen molar-refractivity contribution in [3.63, 3.8) is 0 Å². The van der Waals surface area contributed by atoms with Crippen LogP contribution in [0.5, 0.6) is 0 Å². The maximum Gasteiger partial charge on any atom is 0.269 e. The van der Waals surface area contributed by atoms with Gasteiger partial charge in [-0.1, -0.05) is 34.8 Å². The van der Waals surface area contributed by atoms with E-state index in [0.29, 0.717) is 10.0 Å². The number of nitro benzene ring substituents is 1. The Labute approximate surface area is 137 Å². The minimum absolute atomic E-state index is 0.134. The molecule has 0 bridgehead atoms. The number of nitrogens with one attached hydrogen (secondary N) is 1. The molecule has 106 valence electrons. The van der Waals surface area contributed by atoms with Crippen molar-refractivity contribution in [2.24, 2.45) is 0 Å². The number of rotatable bonds is 4. The van der Waals surface area contributed by atoms with Crippen LogP contribution in [-0.4, -0.2) is 9.91 Å². The minimum Gasteiger partial charge on any atom is -0.302 e. The van der Waals surface area contributed by atoms with Gasteiger partial charge >= 0.3 is 0 Å². The SMILES string of the molecule is O=[N+]([O-])c1ccc(SNc2nccs2)c(C(Cl)(Cl)Cl)c1. The fraction of sp³-hybridized carbons (Fsp3) is 0.100. The second-order valence-corrected chi connectivity index (χ2v) is 7.50. The van der Waals surface area contributed by atoms with E-state index >= 15 is 0 Å². The molecule has 2 aromatic rings. The molecule has 0 spiro atoms. The smallest absolute Gasteiger partial charge is 0.269 e. The lowest BCUT2D eigenvalue weighted by Gasteiger charge is -2.15. The topological polar surface area (TPSA) is 68.1 Å². The molecule has 1 heterocycles. The monoisotopic (exact) mass is 369 g/mol. The number of anilines is 1. The molecule has 0 aliphatic rings. The summed E-state index contributed by atoms with van der Waals surface area (Å²) in [4.78, 5) is 14.9. The van der Waals surface area contributed by atoms with Crippen LogP contribution in [0, 0.1) is 10.1 Å². The van der Waals surface area contributed by atoms with Gasteiger partial charge in [-0.3, -0.25) is 10.1 Å². The van der Waals surface area contributed by atoms with Crippen LogP contribution < -0.4 is 4.72 Å². The Bertz CT molecular complexity index is 617. The molecule has 1 N–H and O–H groups in total. The summed E-state index contributed by atoms with van der Waals surface area (Å²) >= 11 is 20.2. The Kier molecular flexibility index (Phi) is 4.98. The van der Waals surface area contributed by atoms with Crippen molar-refractivity contribution < 1.29 is 4.92 Å². The number of nitrogens with zero attached hydrogens (tertiary/aromatic N) is 2. The number of hydrogen-bond donors (Lipinski definition) is 1. The van der Waals surface area contributed by atoms with Crippen molar-refractivity contribution in [2.75, 3.05) is 4.72 Å². The van der Waals surface area contributed by atoms with Crippen molar-refractivity contribution in [1.82, 2.24) is 4.98 Å². The molecule has 0 unspecified atom stereocenters. The molecule has 0 atom stereocenters. The van der Waals surface area contributed by atoms with Crippen LogP contribution in [-0.2, 0) is 3.79 Å². The number of halogens is 3. The fourth-order valence-corrected chi connectivity index (χ4v) is 3.35. The molecular weight excluding hydrogens is 365 g/mol. The van der Waals surface area contributed by atoms with Gasteiger partial charge in [0.05, 0.1) is 4.92 Å². The minimum atomic E-state index is -1.75. The lowest BCUT2D eigenvalue weighted by Crippen LogP contribution is -2.04. The zero-order chi connectivity index (χ0) is 14.8. The van der Waals surface area contributed by atoms with Gasteiger partial charge in [0.25, 0.3) is 5.69 Å². The Morgan fingerprint density at radius 3 is 2.70 bits per heavy atom. The summed E-state index contributed by atoms with van der Waals surface area (Å²) in [5, 5.41) is 13.3. The van der Waals surface area contributed by atoms with Crippen molar-refractivity contribution in [2.45, 2.75) is 8.69 Å². The first-order valence-corrected chi connectivity index (χ1v) is 7.89. The van der Waals surface area contributed by atoms with Crippen molar-refractivity contribution in [3.05, 3.63) is 45.5 Å². The van der Waals surface area contributed by atoms with Crippen LogP contribution in [0.25, 0.3) is 0 Å². The second-order valence-electron chi connectivity index (χ2n) is 3.48.